The SMILES string of the molecule is CC=Cc1cc2cc(C)c3cc(C=Cc4cc5ccc(-c6c7ccc(C)cc7c(-c7ccc8cc(C)cc(C)c8c7)c7ccc(C)cc67)cc5cc4C)cc4cc(C)c(c1)c2c43. The molecule has 0 aromatic heterocycles. The molecule has 0 aliphatic carbocycles. The van der Waals surface area contributed by atoms with Gasteiger partial charge in [0.05, 0.1) is 0 Å². The summed E-state index contributed by atoms with van der Waals surface area (Å²) in [5.41, 5.74) is 17.9. The van der Waals surface area contributed by atoms with Crippen molar-refractivity contribution in [3.05, 3.63) is 195 Å². The highest BCUT2D eigenvalue weighted by molar-refractivity contribution is 6.26. The fourth-order valence-corrected chi connectivity index (χ4v) is 10.7. The molecule has 0 radical (unpaired) electrons. The average Bonchev–Trinajstić information content (AvgIpc) is 3.24. The molecule has 0 fully saturated rings. The van der Waals surface area contributed by atoms with E-state index in [1.807, 2.05) is 0 Å². The van der Waals surface area contributed by atoms with Crippen molar-refractivity contribution in [2.75, 3.05) is 0 Å². The van der Waals surface area contributed by atoms with Gasteiger partial charge in [-0.25, -0.2) is 0 Å². The molecule has 11 rings (SSSR count). The maximum Gasteiger partial charge on any atom is -0.00235 e. The monoisotopic (exact) mass is 794 g/mol. The van der Waals surface area contributed by atoms with Crippen molar-refractivity contribution in [1.82, 2.24) is 0 Å². The maximum atomic E-state index is 2.42. The van der Waals surface area contributed by atoms with Gasteiger partial charge in [-0.2, -0.15) is 0 Å². The standard InChI is InChI=1S/C62H50/c1-9-10-42-28-50-26-41(8)56-31-43(29-51-27-40(7)55(30-42)61(50)62(51)56)13-14-44-32-45-15-17-47(33-49(45)25-38(44)5)59-52-19-11-36(3)24-58(52)60(53-20-12-35(2)23-57(53)59)48-18-16-46-22-37(4)21-39(6)54(46)34-48/h9-34H,1-8H3. The molecule has 0 aliphatic heterocycles. The van der Waals surface area contributed by atoms with Crippen molar-refractivity contribution in [1.29, 1.82) is 0 Å². The molecular formula is C62H50. The van der Waals surface area contributed by atoms with E-state index >= 15 is 0 Å². The first-order valence-corrected chi connectivity index (χ1v) is 22.1. The van der Waals surface area contributed by atoms with Crippen LogP contribution in [-0.4, -0.2) is 0 Å². The topological polar surface area (TPSA) is 0 Å². The van der Waals surface area contributed by atoms with Gasteiger partial charge in [-0.05, 0) is 234 Å². The molecule has 11 aromatic rings. The third-order valence-electron chi connectivity index (χ3n) is 13.6. The second-order valence-electron chi connectivity index (χ2n) is 18.2. The van der Waals surface area contributed by atoms with Crippen LogP contribution in [0.3, 0.4) is 0 Å². The molecule has 0 amide bonds. The van der Waals surface area contributed by atoms with Gasteiger partial charge in [0.2, 0.25) is 0 Å². The summed E-state index contributed by atoms with van der Waals surface area (Å²) in [5, 5.41) is 18.4. The van der Waals surface area contributed by atoms with Crippen LogP contribution >= 0.6 is 0 Å². The number of benzene rings is 11. The van der Waals surface area contributed by atoms with Crippen molar-refractivity contribution in [3.8, 4) is 22.3 Å². The Hall–Kier alpha value is -7.02. The summed E-state index contributed by atoms with van der Waals surface area (Å²) < 4.78 is 0. The fraction of sp³-hybridized carbons (Fsp3) is 0.129. The molecular weight excluding hydrogens is 745 g/mol. The summed E-state index contributed by atoms with van der Waals surface area (Å²) in [4.78, 5) is 0. The minimum Gasteiger partial charge on any atom is -0.0871 e. The fourth-order valence-electron chi connectivity index (χ4n) is 10.7. The highest BCUT2D eigenvalue weighted by Gasteiger charge is 2.19. The summed E-state index contributed by atoms with van der Waals surface area (Å²) >= 11 is 0. The molecule has 0 heteroatoms. The second kappa shape index (κ2) is 14.3. The molecule has 11 aromatic carbocycles. The maximum absolute atomic E-state index is 2.42. The highest BCUT2D eigenvalue weighted by Crippen LogP contribution is 2.46. The molecule has 62 heavy (non-hydrogen) atoms. The van der Waals surface area contributed by atoms with Crippen LogP contribution in [0.15, 0.2) is 140 Å². The molecule has 0 atom stereocenters. The summed E-state index contributed by atoms with van der Waals surface area (Å²) in [6.07, 6.45) is 8.94. The first-order chi connectivity index (χ1) is 30.0. The van der Waals surface area contributed by atoms with E-state index in [0.717, 1.165) is 0 Å². The average molecular weight is 795 g/mol. The third kappa shape index (κ3) is 6.12. The van der Waals surface area contributed by atoms with Gasteiger partial charge >= 0.3 is 0 Å². The van der Waals surface area contributed by atoms with Crippen LogP contribution in [0.4, 0.5) is 0 Å². The van der Waals surface area contributed by atoms with Gasteiger partial charge in [-0.15, -0.1) is 0 Å². The number of aryl methyl sites for hydroxylation is 7. The van der Waals surface area contributed by atoms with Crippen molar-refractivity contribution in [3.63, 3.8) is 0 Å². The zero-order chi connectivity index (χ0) is 42.6. The van der Waals surface area contributed by atoms with Crippen LogP contribution in [0.2, 0.25) is 0 Å². The Labute approximate surface area is 364 Å². The van der Waals surface area contributed by atoms with Gasteiger partial charge in [-0.3, -0.25) is 0 Å². The zero-order valence-corrected chi connectivity index (χ0v) is 37.0. The molecule has 0 saturated carbocycles. The summed E-state index contributed by atoms with van der Waals surface area (Å²) in [5.74, 6) is 0. The van der Waals surface area contributed by atoms with Crippen molar-refractivity contribution in [2.24, 2.45) is 0 Å². The van der Waals surface area contributed by atoms with Crippen molar-refractivity contribution in [2.45, 2.75) is 55.4 Å². The van der Waals surface area contributed by atoms with E-state index in [1.54, 1.807) is 0 Å². The molecule has 0 heterocycles. The number of allylic oxidation sites excluding steroid dienone is 1. The largest absolute Gasteiger partial charge is 0.0871 e. The Morgan fingerprint density at radius 2 is 0.855 bits per heavy atom. The van der Waals surface area contributed by atoms with Gasteiger partial charge in [0.25, 0.3) is 0 Å². The number of rotatable bonds is 5. The molecule has 0 bridgehead atoms. The van der Waals surface area contributed by atoms with E-state index in [-0.39, 0.29) is 0 Å². The normalized spacial score (nSPS) is 12.4. The molecule has 0 N–H and O–H groups in total. The predicted octanol–water partition coefficient (Wildman–Crippen LogP) is 17.9. The lowest BCUT2D eigenvalue weighted by Crippen LogP contribution is -1.93. The lowest BCUT2D eigenvalue weighted by atomic mass is 9.84. The van der Waals surface area contributed by atoms with Crippen LogP contribution in [-0.2, 0) is 0 Å². The second-order valence-corrected chi connectivity index (χ2v) is 18.2. The lowest BCUT2D eigenvalue weighted by molar-refractivity contribution is 1.43. The summed E-state index contributed by atoms with van der Waals surface area (Å²) in [6, 6.07) is 51.7. The van der Waals surface area contributed by atoms with Gasteiger partial charge in [-0.1, -0.05) is 132 Å². The number of hydrogen-bond donors (Lipinski definition) is 0. The Balaban J connectivity index is 1.02. The van der Waals surface area contributed by atoms with E-state index in [9.17, 15) is 0 Å². The van der Waals surface area contributed by atoms with Crippen molar-refractivity contribution < 1.29 is 0 Å². The first kappa shape index (κ1) is 37.9. The molecule has 0 saturated heterocycles. The van der Waals surface area contributed by atoms with Crippen LogP contribution in [0.1, 0.15) is 62.6 Å². The van der Waals surface area contributed by atoms with Crippen molar-refractivity contribution >= 4 is 93.6 Å². The molecule has 298 valence electrons. The van der Waals surface area contributed by atoms with Crippen LogP contribution in [0, 0.1) is 48.5 Å². The van der Waals surface area contributed by atoms with Gasteiger partial charge in [0.1, 0.15) is 0 Å². The van der Waals surface area contributed by atoms with E-state index in [4.69, 9.17) is 0 Å². The predicted molar refractivity (Wildman–Crippen MR) is 274 cm³/mol. The van der Waals surface area contributed by atoms with E-state index in [0.29, 0.717) is 0 Å². The van der Waals surface area contributed by atoms with E-state index < -0.39 is 0 Å². The van der Waals surface area contributed by atoms with E-state index in [1.165, 1.54) is 153 Å². The van der Waals surface area contributed by atoms with E-state index in [2.05, 4.69) is 213 Å². The van der Waals surface area contributed by atoms with Gasteiger partial charge < -0.3 is 0 Å². The third-order valence-corrected chi connectivity index (χ3v) is 13.6. The Morgan fingerprint density at radius 1 is 0.306 bits per heavy atom. The zero-order valence-electron chi connectivity index (χ0n) is 37.0. The minimum atomic E-state index is 1.23. The summed E-state index contributed by atoms with van der Waals surface area (Å²) in [6.45, 7) is 17.7. The smallest absolute Gasteiger partial charge is 0.00235 e. The highest BCUT2D eigenvalue weighted by atomic mass is 14.2. The minimum absolute atomic E-state index is 1.23. The first-order valence-electron chi connectivity index (χ1n) is 22.1. The van der Waals surface area contributed by atoms with Gasteiger partial charge in [0.15, 0.2) is 0 Å². The Kier molecular flexibility index (Phi) is 8.74. The number of fused-ring (bicyclic) bond motifs is 4. The number of hydrogen-bond acceptors (Lipinski definition) is 0. The molecule has 0 spiro atoms. The Bertz CT molecular complexity index is 3750. The molecule has 0 unspecified atom stereocenters. The quantitative estimate of drug-likeness (QED) is 0.0925. The summed E-state index contributed by atoms with van der Waals surface area (Å²) in [7, 11) is 0. The lowest BCUT2D eigenvalue weighted by Gasteiger charge is -2.20. The molecule has 0 aliphatic rings. The van der Waals surface area contributed by atoms with Crippen LogP contribution in [0.5, 0.6) is 0 Å². The van der Waals surface area contributed by atoms with Gasteiger partial charge in [0, 0.05) is 0 Å². The van der Waals surface area contributed by atoms with Crippen LogP contribution in [0.25, 0.3) is 116 Å². The molecule has 0 nitrogen and oxygen atoms in total. The van der Waals surface area contributed by atoms with Crippen LogP contribution < -0.4 is 0 Å². The Morgan fingerprint density at radius 3 is 1.47 bits per heavy atom.